The number of hydrogen-bond acceptors (Lipinski definition) is 4. The van der Waals surface area contributed by atoms with E-state index in [0.29, 0.717) is 12.2 Å². The number of benzene rings is 1. The van der Waals surface area contributed by atoms with Crippen molar-refractivity contribution >= 4 is 0 Å². The molecule has 0 spiro atoms. The molecule has 0 unspecified atom stereocenters. The first-order valence-electron chi connectivity index (χ1n) is 6.24. The molecule has 6 nitrogen and oxygen atoms in total. The molecule has 0 aliphatic heterocycles. The molecule has 0 saturated heterocycles. The summed E-state index contributed by atoms with van der Waals surface area (Å²) in [6, 6.07) is 9.45. The molecule has 0 bridgehead atoms. The van der Waals surface area contributed by atoms with E-state index in [9.17, 15) is 4.79 Å². The minimum absolute atomic E-state index is 0.341. The van der Waals surface area contributed by atoms with Crippen molar-refractivity contribution in [3.63, 3.8) is 0 Å². The zero-order valence-corrected chi connectivity index (χ0v) is 11.0. The predicted molar refractivity (Wildman–Crippen MR) is 74.6 cm³/mol. The van der Waals surface area contributed by atoms with Gasteiger partial charge in [0.2, 0.25) is 0 Å². The molecule has 20 heavy (non-hydrogen) atoms. The molecule has 0 atom stereocenters. The fraction of sp³-hybridized carbons (Fsp3) is 0.143. The Morgan fingerprint density at radius 3 is 2.75 bits per heavy atom. The van der Waals surface area contributed by atoms with E-state index in [-0.39, 0.29) is 5.63 Å². The first-order valence-corrected chi connectivity index (χ1v) is 6.24. The lowest BCUT2D eigenvalue weighted by Gasteiger charge is -2.02. The summed E-state index contributed by atoms with van der Waals surface area (Å²) < 4.78 is 8.33. The molecule has 3 aromatic rings. The highest BCUT2D eigenvalue weighted by molar-refractivity contribution is 5.62. The monoisotopic (exact) mass is 270 g/mol. The zero-order chi connectivity index (χ0) is 13.9. The molecule has 0 amide bonds. The Hall–Kier alpha value is -2.60. The van der Waals surface area contributed by atoms with Gasteiger partial charge in [0.05, 0.1) is 17.4 Å². The molecule has 2 heterocycles. The second kappa shape index (κ2) is 5.18. The summed E-state index contributed by atoms with van der Waals surface area (Å²) in [4.78, 5) is 11.8. The van der Waals surface area contributed by atoms with E-state index in [1.807, 2.05) is 36.5 Å². The topological polar surface area (TPSA) is 65.0 Å². The molecular formula is C14H14N4O2. The first-order chi connectivity index (χ1) is 9.78. The van der Waals surface area contributed by atoms with E-state index in [1.165, 1.54) is 4.74 Å². The van der Waals surface area contributed by atoms with Gasteiger partial charge in [-0.2, -0.15) is 9.84 Å². The summed E-state index contributed by atoms with van der Waals surface area (Å²) in [5.74, 6) is 0. The lowest BCUT2D eigenvalue weighted by atomic mass is 10.1. The van der Waals surface area contributed by atoms with E-state index in [1.54, 1.807) is 24.1 Å². The van der Waals surface area contributed by atoms with Crippen LogP contribution in [0.2, 0.25) is 0 Å². The summed E-state index contributed by atoms with van der Waals surface area (Å²) in [5.41, 5.74) is 1.97. The third-order valence-corrected chi connectivity index (χ3v) is 2.95. The van der Waals surface area contributed by atoms with Crippen LogP contribution in [0.5, 0.6) is 0 Å². The number of nitrogens with one attached hydrogen (secondary N) is 1. The summed E-state index contributed by atoms with van der Waals surface area (Å²) in [5, 5.41) is 7.08. The van der Waals surface area contributed by atoms with Crippen molar-refractivity contribution in [2.45, 2.75) is 6.67 Å². The maximum Gasteiger partial charge on any atom is 0.365 e. The van der Waals surface area contributed by atoms with Crippen LogP contribution in [-0.4, -0.2) is 21.6 Å². The molecule has 0 fully saturated rings. The van der Waals surface area contributed by atoms with E-state index in [0.717, 1.165) is 11.3 Å². The van der Waals surface area contributed by atoms with Crippen LogP contribution in [0.4, 0.5) is 0 Å². The predicted octanol–water partition coefficient (Wildman–Crippen LogP) is 1.47. The van der Waals surface area contributed by atoms with Gasteiger partial charge in [0.1, 0.15) is 6.67 Å². The highest BCUT2D eigenvalue weighted by atomic mass is 16.5. The Bertz CT molecular complexity index is 738. The fourth-order valence-electron chi connectivity index (χ4n) is 2.02. The standard InChI is InChI=1S/C14H14N4O2/c1-15-10-17-9-13(14(19)20-17)11-3-5-12(6-4-11)18-8-2-7-16-18/h2-9,15H,10H2,1H3. The van der Waals surface area contributed by atoms with Crippen LogP contribution >= 0.6 is 0 Å². The fourth-order valence-corrected chi connectivity index (χ4v) is 2.02. The van der Waals surface area contributed by atoms with Crippen LogP contribution in [0.25, 0.3) is 16.8 Å². The van der Waals surface area contributed by atoms with Crippen LogP contribution < -0.4 is 10.9 Å². The lowest BCUT2D eigenvalue weighted by molar-refractivity contribution is 0.240. The van der Waals surface area contributed by atoms with Gasteiger partial charge in [0, 0.05) is 12.4 Å². The van der Waals surface area contributed by atoms with Crippen molar-refractivity contribution < 1.29 is 4.52 Å². The van der Waals surface area contributed by atoms with Crippen LogP contribution in [-0.2, 0) is 6.67 Å². The lowest BCUT2D eigenvalue weighted by Crippen LogP contribution is -2.11. The van der Waals surface area contributed by atoms with Gasteiger partial charge in [0.25, 0.3) is 0 Å². The Labute approximate surface area is 115 Å². The van der Waals surface area contributed by atoms with Crippen LogP contribution in [0, 0.1) is 0 Å². The number of rotatable bonds is 4. The van der Waals surface area contributed by atoms with Crippen molar-refractivity contribution in [3.8, 4) is 16.8 Å². The highest BCUT2D eigenvalue weighted by Crippen LogP contribution is 2.18. The normalized spacial score (nSPS) is 10.8. The van der Waals surface area contributed by atoms with Crippen molar-refractivity contribution in [2.75, 3.05) is 7.05 Å². The SMILES string of the molecule is CNCn1cc(-c2ccc(-n3cccn3)cc2)c(=O)o1. The Balaban J connectivity index is 1.93. The second-order valence-corrected chi connectivity index (χ2v) is 4.35. The minimum Gasteiger partial charge on any atom is -0.335 e. The van der Waals surface area contributed by atoms with Crippen LogP contribution in [0.3, 0.4) is 0 Å². The molecule has 2 aromatic heterocycles. The third-order valence-electron chi connectivity index (χ3n) is 2.95. The molecule has 6 heteroatoms. The third kappa shape index (κ3) is 2.28. The molecule has 0 aliphatic carbocycles. The average molecular weight is 270 g/mol. The van der Waals surface area contributed by atoms with Gasteiger partial charge >= 0.3 is 5.63 Å². The Morgan fingerprint density at radius 1 is 1.30 bits per heavy atom. The quantitative estimate of drug-likeness (QED) is 0.779. The van der Waals surface area contributed by atoms with Crippen LogP contribution in [0.1, 0.15) is 0 Å². The van der Waals surface area contributed by atoms with Gasteiger partial charge in [0.15, 0.2) is 0 Å². The minimum atomic E-state index is -0.341. The summed E-state index contributed by atoms with van der Waals surface area (Å²) in [6.45, 7) is 0.459. The second-order valence-electron chi connectivity index (χ2n) is 4.35. The van der Waals surface area contributed by atoms with Crippen molar-refractivity contribution in [1.29, 1.82) is 0 Å². The molecular weight excluding hydrogens is 256 g/mol. The van der Waals surface area contributed by atoms with E-state index >= 15 is 0 Å². The highest BCUT2D eigenvalue weighted by Gasteiger charge is 2.09. The van der Waals surface area contributed by atoms with Gasteiger partial charge in [-0.1, -0.05) is 12.1 Å². The molecule has 1 N–H and O–H groups in total. The summed E-state index contributed by atoms with van der Waals surface area (Å²) in [6.07, 6.45) is 5.29. The molecule has 1 aromatic carbocycles. The Morgan fingerprint density at radius 2 is 2.10 bits per heavy atom. The average Bonchev–Trinajstić information content (AvgIpc) is 3.09. The maximum absolute atomic E-state index is 11.8. The molecule has 0 aliphatic rings. The first kappa shape index (κ1) is 12.4. The van der Waals surface area contributed by atoms with Crippen molar-refractivity contribution in [3.05, 3.63) is 59.3 Å². The van der Waals surface area contributed by atoms with Gasteiger partial charge in [-0.15, -0.1) is 0 Å². The largest absolute Gasteiger partial charge is 0.365 e. The smallest absolute Gasteiger partial charge is 0.335 e. The van der Waals surface area contributed by atoms with Gasteiger partial charge < -0.3 is 9.84 Å². The van der Waals surface area contributed by atoms with Crippen LogP contribution in [0.15, 0.2) is 58.2 Å². The van der Waals surface area contributed by atoms with Gasteiger partial charge in [-0.25, -0.2) is 9.48 Å². The van der Waals surface area contributed by atoms with E-state index in [2.05, 4.69) is 10.4 Å². The van der Waals surface area contributed by atoms with Crippen molar-refractivity contribution in [1.82, 2.24) is 19.8 Å². The molecule has 0 radical (unpaired) electrons. The van der Waals surface area contributed by atoms with Gasteiger partial charge in [-0.3, -0.25) is 0 Å². The number of nitrogens with zero attached hydrogens (tertiary/aromatic N) is 3. The van der Waals surface area contributed by atoms with E-state index < -0.39 is 0 Å². The molecule has 102 valence electrons. The Kier molecular flexibility index (Phi) is 3.22. The van der Waals surface area contributed by atoms with Crippen molar-refractivity contribution in [2.24, 2.45) is 0 Å². The number of hydrogen-bond donors (Lipinski definition) is 1. The zero-order valence-electron chi connectivity index (χ0n) is 11.0. The van der Waals surface area contributed by atoms with E-state index in [4.69, 9.17) is 4.52 Å². The molecule has 3 rings (SSSR count). The van der Waals surface area contributed by atoms with Gasteiger partial charge in [-0.05, 0) is 30.8 Å². The summed E-state index contributed by atoms with van der Waals surface area (Å²) >= 11 is 0. The molecule has 0 saturated carbocycles. The summed E-state index contributed by atoms with van der Waals surface area (Å²) in [7, 11) is 1.79. The maximum atomic E-state index is 11.8. The number of aromatic nitrogens is 3.